The van der Waals surface area contributed by atoms with Crippen molar-refractivity contribution in [3.8, 4) is 0 Å². The van der Waals surface area contributed by atoms with Crippen LogP contribution in [0.25, 0.3) is 0 Å². The van der Waals surface area contributed by atoms with Gasteiger partial charge >= 0.3 is 0 Å². The van der Waals surface area contributed by atoms with Crippen LogP contribution in [0.1, 0.15) is 34.1 Å². The number of rotatable bonds is 6. The van der Waals surface area contributed by atoms with Crippen molar-refractivity contribution in [3.63, 3.8) is 0 Å². The zero-order valence-corrected chi connectivity index (χ0v) is 11.0. The highest BCUT2D eigenvalue weighted by Gasteiger charge is 2.17. The summed E-state index contributed by atoms with van der Waals surface area (Å²) < 4.78 is 1.24. The lowest BCUT2D eigenvalue weighted by Crippen LogP contribution is -2.35. The van der Waals surface area contributed by atoms with Gasteiger partial charge in [0.25, 0.3) is 0 Å². The van der Waals surface area contributed by atoms with Crippen LogP contribution in [0.4, 0.5) is 0 Å². The first-order chi connectivity index (χ1) is 5.55. The molecule has 2 heteroatoms. The fourth-order valence-corrected chi connectivity index (χ4v) is 1.87. The summed E-state index contributed by atoms with van der Waals surface area (Å²) in [4.78, 5) is 2.54. The molecule has 0 radical (unpaired) electrons. The Bertz CT molecular complexity index is 112. The molecule has 0 bridgehead atoms. The number of hydrogen-bond acceptors (Lipinski definition) is 1. The van der Waals surface area contributed by atoms with E-state index in [1.54, 1.807) is 0 Å². The molecule has 0 fully saturated rings. The molecule has 0 aromatic carbocycles. The molecule has 0 atom stereocenters. The van der Waals surface area contributed by atoms with E-state index in [2.05, 4.69) is 55.2 Å². The summed E-state index contributed by atoms with van der Waals surface area (Å²) in [5, 5.41) is 0. The fourth-order valence-electron chi connectivity index (χ4n) is 1.19. The van der Waals surface area contributed by atoms with Gasteiger partial charge in [0.2, 0.25) is 0 Å². The Morgan fingerprint density at radius 3 is 2.17 bits per heavy atom. The second-order valence-corrected chi connectivity index (χ2v) is 5.15. The van der Waals surface area contributed by atoms with Gasteiger partial charge in [-0.15, -0.1) is 0 Å². The van der Waals surface area contributed by atoms with Gasteiger partial charge in [0.1, 0.15) is 0 Å². The Labute approximate surface area is 91.0 Å². The summed E-state index contributed by atoms with van der Waals surface area (Å²) in [6, 6.07) is 0. The van der Waals surface area contributed by atoms with Gasteiger partial charge in [0, 0.05) is 17.5 Å². The van der Waals surface area contributed by atoms with E-state index in [0.29, 0.717) is 5.41 Å². The molecule has 0 unspecified atom stereocenters. The average molecular weight is 283 g/mol. The van der Waals surface area contributed by atoms with Crippen LogP contribution in [0.15, 0.2) is 0 Å². The Morgan fingerprint density at radius 1 is 1.25 bits per heavy atom. The van der Waals surface area contributed by atoms with E-state index in [1.165, 1.54) is 30.5 Å². The third-order valence-corrected chi connectivity index (χ3v) is 2.94. The van der Waals surface area contributed by atoms with Gasteiger partial charge in [-0.05, 0) is 18.4 Å². The second-order valence-electron chi connectivity index (χ2n) is 4.08. The first-order valence-electron chi connectivity index (χ1n) is 4.84. The predicted molar refractivity (Wildman–Crippen MR) is 65.1 cm³/mol. The first kappa shape index (κ1) is 12.7. The summed E-state index contributed by atoms with van der Waals surface area (Å²) in [5.74, 6) is 0. The van der Waals surface area contributed by atoms with Crippen molar-refractivity contribution in [2.75, 3.05) is 24.1 Å². The minimum absolute atomic E-state index is 0.488. The highest BCUT2D eigenvalue weighted by molar-refractivity contribution is 14.1. The molecule has 0 aliphatic carbocycles. The number of nitrogens with zero attached hydrogens (tertiary/aromatic N) is 1. The first-order valence-corrected chi connectivity index (χ1v) is 6.36. The maximum absolute atomic E-state index is 2.54. The van der Waals surface area contributed by atoms with Crippen LogP contribution in [-0.4, -0.2) is 29.0 Å². The van der Waals surface area contributed by atoms with Gasteiger partial charge in [-0.3, -0.25) is 0 Å². The Hall–Kier alpha value is 0.690. The molecule has 0 spiro atoms. The van der Waals surface area contributed by atoms with Crippen LogP contribution < -0.4 is 0 Å². The van der Waals surface area contributed by atoms with Crippen molar-refractivity contribution in [1.29, 1.82) is 0 Å². The molecule has 0 N–H and O–H groups in total. The summed E-state index contributed by atoms with van der Waals surface area (Å²) >= 11 is 2.45. The molecule has 12 heavy (non-hydrogen) atoms. The minimum atomic E-state index is 0.488. The Morgan fingerprint density at radius 2 is 1.83 bits per heavy atom. The van der Waals surface area contributed by atoms with E-state index in [9.17, 15) is 0 Å². The zero-order valence-electron chi connectivity index (χ0n) is 8.86. The van der Waals surface area contributed by atoms with Crippen LogP contribution in [0, 0.1) is 5.41 Å². The molecule has 0 heterocycles. The van der Waals surface area contributed by atoms with E-state index in [0.717, 1.165) is 0 Å². The second kappa shape index (κ2) is 6.19. The third kappa shape index (κ3) is 5.36. The quantitative estimate of drug-likeness (QED) is 0.534. The molecule has 74 valence electrons. The van der Waals surface area contributed by atoms with Crippen molar-refractivity contribution < 1.29 is 0 Å². The van der Waals surface area contributed by atoms with E-state index in [1.807, 2.05) is 0 Å². The minimum Gasteiger partial charge on any atom is -0.302 e. The maximum Gasteiger partial charge on any atom is 0.0123 e. The lowest BCUT2D eigenvalue weighted by atomic mass is 9.90. The summed E-state index contributed by atoms with van der Waals surface area (Å²) in [6.45, 7) is 12.9. The van der Waals surface area contributed by atoms with Crippen molar-refractivity contribution in [1.82, 2.24) is 4.90 Å². The number of hydrogen-bond donors (Lipinski definition) is 0. The van der Waals surface area contributed by atoms with Crippen molar-refractivity contribution >= 4 is 22.6 Å². The third-order valence-electron chi connectivity index (χ3n) is 2.46. The van der Waals surface area contributed by atoms with Gasteiger partial charge in [-0.1, -0.05) is 50.3 Å². The molecular formula is C10H22IN. The summed E-state index contributed by atoms with van der Waals surface area (Å²) in [7, 11) is 0. The lowest BCUT2D eigenvalue weighted by Gasteiger charge is -2.30. The van der Waals surface area contributed by atoms with Gasteiger partial charge < -0.3 is 4.90 Å². The van der Waals surface area contributed by atoms with E-state index >= 15 is 0 Å². The Balaban J connectivity index is 3.83. The summed E-state index contributed by atoms with van der Waals surface area (Å²) in [6.07, 6.45) is 1.27. The molecule has 0 amide bonds. The average Bonchev–Trinajstić information content (AvgIpc) is 2.03. The summed E-state index contributed by atoms with van der Waals surface area (Å²) in [5.41, 5.74) is 0.488. The van der Waals surface area contributed by atoms with Crippen LogP contribution in [0.3, 0.4) is 0 Å². The van der Waals surface area contributed by atoms with Crippen LogP contribution in [-0.2, 0) is 0 Å². The molecule has 1 nitrogen and oxygen atoms in total. The predicted octanol–water partition coefficient (Wildman–Crippen LogP) is 3.18. The van der Waals surface area contributed by atoms with Crippen LogP contribution >= 0.6 is 22.6 Å². The van der Waals surface area contributed by atoms with Gasteiger partial charge in [0.15, 0.2) is 0 Å². The monoisotopic (exact) mass is 283 g/mol. The van der Waals surface area contributed by atoms with Crippen LogP contribution in [0.2, 0.25) is 0 Å². The van der Waals surface area contributed by atoms with Crippen molar-refractivity contribution in [2.24, 2.45) is 5.41 Å². The highest BCUT2D eigenvalue weighted by atomic mass is 127. The molecule has 0 saturated heterocycles. The topological polar surface area (TPSA) is 3.24 Å². The Kier molecular flexibility index (Phi) is 6.55. The number of halogens is 1. The standard InChI is InChI=1S/C10H22IN/c1-5-10(3,4)9-12(6-2)8-7-11/h5-9H2,1-4H3. The molecule has 0 saturated carbocycles. The maximum atomic E-state index is 2.54. The van der Waals surface area contributed by atoms with Crippen LogP contribution in [0.5, 0.6) is 0 Å². The highest BCUT2D eigenvalue weighted by Crippen LogP contribution is 2.20. The van der Waals surface area contributed by atoms with E-state index < -0.39 is 0 Å². The SMILES string of the molecule is CCN(CCI)CC(C)(C)CC. The molecule has 0 aliphatic heterocycles. The molecule has 0 aliphatic rings. The normalized spacial score (nSPS) is 12.5. The molecule has 0 aromatic heterocycles. The van der Waals surface area contributed by atoms with Crippen molar-refractivity contribution in [2.45, 2.75) is 34.1 Å². The lowest BCUT2D eigenvalue weighted by molar-refractivity contribution is 0.189. The molecule has 0 aromatic rings. The van der Waals surface area contributed by atoms with E-state index in [-0.39, 0.29) is 0 Å². The smallest absolute Gasteiger partial charge is 0.0123 e. The van der Waals surface area contributed by atoms with Gasteiger partial charge in [-0.25, -0.2) is 0 Å². The molecule has 0 rings (SSSR count). The zero-order chi connectivity index (χ0) is 9.61. The van der Waals surface area contributed by atoms with Gasteiger partial charge in [-0.2, -0.15) is 0 Å². The number of alkyl halides is 1. The van der Waals surface area contributed by atoms with Gasteiger partial charge in [0.05, 0.1) is 0 Å². The largest absolute Gasteiger partial charge is 0.302 e. The van der Waals surface area contributed by atoms with E-state index in [4.69, 9.17) is 0 Å². The fraction of sp³-hybridized carbons (Fsp3) is 1.00. The molecular weight excluding hydrogens is 261 g/mol. The van der Waals surface area contributed by atoms with Crippen molar-refractivity contribution in [3.05, 3.63) is 0 Å².